The molecule has 0 aliphatic heterocycles. The minimum atomic E-state index is -0.554. The maximum atomic E-state index is 11.7. The number of amides is 2. The van der Waals surface area contributed by atoms with Crippen molar-refractivity contribution in [3.63, 3.8) is 0 Å². The van der Waals surface area contributed by atoms with Crippen molar-refractivity contribution in [3.8, 4) is 0 Å². The van der Waals surface area contributed by atoms with E-state index in [2.05, 4.69) is 17.6 Å². The lowest BCUT2D eigenvalue weighted by Gasteiger charge is -2.41. The van der Waals surface area contributed by atoms with Crippen LogP contribution >= 0.6 is 12.4 Å². The molecule has 0 bridgehead atoms. The first-order chi connectivity index (χ1) is 8.90. The molecule has 0 aromatic carbocycles. The molecule has 0 saturated heterocycles. The molecule has 4 N–H and O–H groups in total. The van der Waals surface area contributed by atoms with Crippen molar-refractivity contribution in [3.05, 3.63) is 0 Å². The number of carbonyl (C=O) groups is 2. The lowest BCUT2D eigenvalue weighted by molar-refractivity contribution is -0.127. The summed E-state index contributed by atoms with van der Waals surface area (Å²) in [4.78, 5) is 23.3. The highest BCUT2D eigenvalue weighted by molar-refractivity contribution is 5.87. The average Bonchev–Trinajstić information content (AvgIpc) is 2.34. The molecule has 0 unspecified atom stereocenters. The van der Waals surface area contributed by atoms with Gasteiger partial charge in [0.05, 0.1) is 12.6 Å². The molecular formula is C14H28ClN3O2. The second-order valence-electron chi connectivity index (χ2n) is 5.97. The van der Waals surface area contributed by atoms with Gasteiger partial charge in [-0.15, -0.1) is 12.4 Å². The summed E-state index contributed by atoms with van der Waals surface area (Å²) in [5.41, 5.74) is 6.00. The molecule has 0 radical (unpaired) electrons. The molecular weight excluding hydrogens is 278 g/mol. The van der Waals surface area contributed by atoms with Gasteiger partial charge in [-0.1, -0.05) is 27.2 Å². The third-order valence-corrected chi connectivity index (χ3v) is 4.27. The molecule has 6 heteroatoms. The summed E-state index contributed by atoms with van der Waals surface area (Å²) in [6, 6.07) is -0.554. The molecule has 1 atom stereocenters. The summed E-state index contributed by atoms with van der Waals surface area (Å²) in [6.07, 6.45) is 4.73. The molecule has 1 rings (SSSR count). The van der Waals surface area contributed by atoms with Crippen LogP contribution in [0.1, 0.15) is 46.5 Å². The lowest BCUT2D eigenvalue weighted by atomic mass is 9.67. The highest BCUT2D eigenvalue weighted by Gasteiger charge is 2.35. The van der Waals surface area contributed by atoms with Crippen LogP contribution in [0.15, 0.2) is 0 Å². The van der Waals surface area contributed by atoms with Crippen LogP contribution in [0.5, 0.6) is 0 Å². The van der Waals surface area contributed by atoms with Gasteiger partial charge in [0.2, 0.25) is 11.8 Å². The Morgan fingerprint density at radius 3 is 2.25 bits per heavy atom. The van der Waals surface area contributed by atoms with Crippen LogP contribution in [0.25, 0.3) is 0 Å². The smallest absolute Gasteiger partial charge is 0.239 e. The van der Waals surface area contributed by atoms with E-state index in [9.17, 15) is 9.59 Å². The Balaban J connectivity index is 0.00000361. The van der Waals surface area contributed by atoms with Gasteiger partial charge < -0.3 is 16.4 Å². The van der Waals surface area contributed by atoms with E-state index in [1.165, 1.54) is 19.3 Å². The van der Waals surface area contributed by atoms with Crippen molar-refractivity contribution in [1.82, 2.24) is 10.6 Å². The van der Waals surface area contributed by atoms with E-state index in [-0.39, 0.29) is 36.7 Å². The zero-order valence-corrected chi connectivity index (χ0v) is 13.5. The topological polar surface area (TPSA) is 84.2 Å². The van der Waals surface area contributed by atoms with Gasteiger partial charge in [0.1, 0.15) is 0 Å². The van der Waals surface area contributed by atoms with Crippen LogP contribution in [0.4, 0.5) is 0 Å². The van der Waals surface area contributed by atoms with Crippen molar-refractivity contribution in [1.29, 1.82) is 0 Å². The molecule has 5 nitrogen and oxygen atoms in total. The average molecular weight is 306 g/mol. The highest BCUT2D eigenvalue weighted by Crippen LogP contribution is 2.42. The van der Waals surface area contributed by atoms with Gasteiger partial charge in [0.15, 0.2) is 0 Å². The van der Waals surface area contributed by atoms with Crippen LogP contribution in [0.2, 0.25) is 0 Å². The number of rotatable bonds is 7. The Morgan fingerprint density at radius 1 is 1.25 bits per heavy atom. The summed E-state index contributed by atoms with van der Waals surface area (Å²) in [6.45, 7) is 6.65. The Bertz CT molecular complexity index is 325. The number of hydrogen-bond donors (Lipinski definition) is 3. The molecule has 1 fully saturated rings. The predicted octanol–water partition coefficient (Wildman–Crippen LogP) is 1.20. The number of halogens is 1. The summed E-state index contributed by atoms with van der Waals surface area (Å²) >= 11 is 0. The lowest BCUT2D eigenvalue weighted by Crippen LogP contribution is -2.49. The second kappa shape index (κ2) is 8.47. The zero-order valence-electron chi connectivity index (χ0n) is 12.7. The van der Waals surface area contributed by atoms with Crippen molar-refractivity contribution in [2.24, 2.45) is 17.1 Å². The van der Waals surface area contributed by atoms with Gasteiger partial charge in [0, 0.05) is 6.54 Å². The molecule has 2 amide bonds. The minimum absolute atomic E-state index is 0. The molecule has 1 saturated carbocycles. The monoisotopic (exact) mass is 305 g/mol. The molecule has 20 heavy (non-hydrogen) atoms. The normalized spacial score (nSPS) is 17.6. The summed E-state index contributed by atoms with van der Waals surface area (Å²) < 4.78 is 0. The van der Waals surface area contributed by atoms with Gasteiger partial charge in [-0.3, -0.25) is 9.59 Å². The first-order valence-corrected chi connectivity index (χ1v) is 7.20. The maximum Gasteiger partial charge on any atom is 0.239 e. The molecule has 0 heterocycles. The third-order valence-electron chi connectivity index (χ3n) is 4.27. The highest BCUT2D eigenvalue weighted by atomic mass is 35.5. The van der Waals surface area contributed by atoms with Gasteiger partial charge >= 0.3 is 0 Å². The first-order valence-electron chi connectivity index (χ1n) is 7.20. The fraction of sp³-hybridized carbons (Fsp3) is 0.857. The minimum Gasteiger partial charge on any atom is -0.354 e. The number of nitrogens with two attached hydrogens (primary N) is 1. The number of nitrogens with one attached hydrogen (secondary N) is 2. The standard InChI is InChI=1S/C14H27N3O2.ClH/c1-4-14(6-5-7-14)9-17-11(18)8-16-13(19)12(15)10(2)3;/h10,12H,4-9,15H2,1-3H3,(H,16,19)(H,17,18);1H/t12-;/m0./s1. The quantitative estimate of drug-likeness (QED) is 0.661. The van der Waals surface area contributed by atoms with Crippen LogP contribution in [-0.4, -0.2) is 30.9 Å². The van der Waals surface area contributed by atoms with E-state index in [0.717, 1.165) is 6.42 Å². The predicted molar refractivity (Wildman–Crippen MR) is 82.7 cm³/mol. The van der Waals surface area contributed by atoms with Gasteiger partial charge in [-0.2, -0.15) is 0 Å². The zero-order chi connectivity index (χ0) is 14.5. The molecule has 0 spiro atoms. The fourth-order valence-electron chi connectivity index (χ4n) is 2.27. The van der Waals surface area contributed by atoms with E-state index in [0.29, 0.717) is 12.0 Å². The fourth-order valence-corrected chi connectivity index (χ4v) is 2.27. The van der Waals surface area contributed by atoms with Crippen LogP contribution in [0.3, 0.4) is 0 Å². The van der Waals surface area contributed by atoms with E-state index < -0.39 is 6.04 Å². The molecule has 0 aromatic rings. The van der Waals surface area contributed by atoms with Crippen LogP contribution in [0, 0.1) is 11.3 Å². The first kappa shape index (κ1) is 19.2. The Morgan fingerprint density at radius 2 is 1.85 bits per heavy atom. The van der Waals surface area contributed by atoms with Gasteiger partial charge in [-0.05, 0) is 30.6 Å². The van der Waals surface area contributed by atoms with Gasteiger partial charge in [-0.25, -0.2) is 0 Å². The molecule has 1 aliphatic rings. The van der Waals surface area contributed by atoms with Crippen molar-refractivity contribution < 1.29 is 9.59 Å². The van der Waals surface area contributed by atoms with E-state index >= 15 is 0 Å². The maximum absolute atomic E-state index is 11.7. The van der Waals surface area contributed by atoms with Crippen LogP contribution < -0.4 is 16.4 Å². The number of carbonyl (C=O) groups excluding carboxylic acids is 2. The second-order valence-corrected chi connectivity index (χ2v) is 5.97. The Labute approximate surface area is 127 Å². The van der Waals surface area contributed by atoms with E-state index in [1.807, 2.05) is 13.8 Å². The SMILES string of the molecule is CCC1(CNC(=O)CNC(=O)[C@@H](N)C(C)C)CCC1.Cl. The van der Waals surface area contributed by atoms with Gasteiger partial charge in [0.25, 0.3) is 0 Å². The van der Waals surface area contributed by atoms with E-state index in [4.69, 9.17) is 5.73 Å². The largest absolute Gasteiger partial charge is 0.354 e. The van der Waals surface area contributed by atoms with Crippen molar-refractivity contribution >= 4 is 24.2 Å². The Hall–Kier alpha value is -0.810. The van der Waals surface area contributed by atoms with Crippen molar-refractivity contribution in [2.75, 3.05) is 13.1 Å². The molecule has 0 aromatic heterocycles. The molecule has 118 valence electrons. The van der Waals surface area contributed by atoms with E-state index in [1.54, 1.807) is 0 Å². The molecule has 1 aliphatic carbocycles. The third kappa shape index (κ3) is 5.29. The van der Waals surface area contributed by atoms with Crippen LogP contribution in [-0.2, 0) is 9.59 Å². The summed E-state index contributed by atoms with van der Waals surface area (Å²) in [7, 11) is 0. The number of hydrogen-bond acceptors (Lipinski definition) is 3. The van der Waals surface area contributed by atoms with Crippen molar-refractivity contribution in [2.45, 2.75) is 52.5 Å². The Kier molecular flexibility index (Phi) is 8.13. The summed E-state index contributed by atoms with van der Waals surface area (Å²) in [5.74, 6) is -0.329. The summed E-state index contributed by atoms with van der Waals surface area (Å²) in [5, 5.41) is 5.48.